The molecule has 0 rings (SSSR count). The Kier molecular flexibility index (Phi) is 10.8. The van der Waals surface area contributed by atoms with Crippen LogP contribution in [-0.2, 0) is 10.2 Å². The van der Waals surface area contributed by atoms with Crippen molar-refractivity contribution in [2.24, 2.45) is 0 Å². The Labute approximate surface area is 75.0 Å². The van der Waals surface area contributed by atoms with Crippen LogP contribution in [0.1, 0.15) is 51.9 Å². The van der Waals surface area contributed by atoms with Gasteiger partial charge in [0.2, 0.25) is 0 Å². The standard InChI is InChI=1S/C9H19NO2/c1-2-3-4-5-6-7-8-9-10-12-11/h2-9H2,1H3. The highest BCUT2D eigenvalue weighted by Crippen LogP contribution is 2.06. The van der Waals surface area contributed by atoms with Crippen molar-refractivity contribution in [2.45, 2.75) is 51.9 Å². The summed E-state index contributed by atoms with van der Waals surface area (Å²) in [6.07, 6.45) is 8.69. The van der Waals surface area contributed by atoms with Gasteiger partial charge in [-0.1, -0.05) is 55.9 Å². The van der Waals surface area contributed by atoms with Crippen molar-refractivity contribution in [1.29, 1.82) is 0 Å². The molecule has 0 bridgehead atoms. The molecule has 0 aliphatic heterocycles. The molecule has 0 spiro atoms. The summed E-state index contributed by atoms with van der Waals surface area (Å²) in [6, 6.07) is 0. The predicted octanol–water partition coefficient (Wildman–Crippen LogP) is 2.62. The van der Waals surface area contributed by atoms with Gasteiger partial charge < -0.3 is 0 Å². The molecular weight excluding hydrogens is 154 g/mol. The molecule has 0 aliphatic carbocycles. The summed E-state index contributed by atoms with van der Waals surface area (Å²) >= 11 is 0. The van der Waals surface area contributed by atoms with E-state index >= 15 is 0 Å². The molecule has 3 nitrogen and oxygen atoms in total. The van der Waals surface area contributed by atoms with Crippen molar-refractivity contribution in [2.75, 3.05) is 6.54 Å². The normalized spacial score (nSPS) is 10.5. The van der Waals surface area contributed by atoms with Crippen LogP contribution in [0.3, 0.4) is 0 Å². The molecule has 0 fully saturated rings. The zero-order valence-electron chi connectivity index (χ0n) is 7.92. The molecule has 0 unspecified atom stereocenters. The van der Waals surface area contributed by atoms with Crippen LogP contribution >= 0.6 is 0 Å². The van der Waals surface area contributed by atoms with Gasteiger partial charge >= 0.3 is 0 Å². The van der Waals surface area contributed by atoms with E-state index in [0.717, 1.165) is 12.8 Å². The minimum Gasteiger partial charge on any atom is -0.0891 e. The Balaban J connectivity index is 2.73. The molecule has 3 heteroatoms. The van der Waals surface area contributed by atoms with E-state index in [2.05, 4.69) is 17.4 Å². The van der Waals surface area contributed by atoms with Gasteiger partial charge in [0.1, 0.15) is 0 Å². The Morgan fingerprint density at radius 2 is 1.58 bits per heavy atom. The zero-order chi connectivity index (χ0) is 9.07. The van der Waals surface area contributed by atoms with E-state index in [0.29, 0.717) is 6.54 Å². The Morgan fingerprint density at radius 1 is 1.00 bits per heavy atom. The van der Waals surface area contributed by atoms with Crippen LogP contribution in [0.2, 0.25) is 0 Å². The summed E-state index contributed by atoms with van der Waals surface area (Å²) in [5.41, 5.74) is 3.25. The summed E-state index contributed by atoms with van der Waals surface area (Å²) in [5, 5.41) is 9.44. The molecule has 0 aliphatic rings. The molecule has 0 saturated heterocycles. The minimum absolute atomic E-state index is 0.553. The number of hydrogen-bond donors (Lipinski definition) is 0. The molecule has 0 aromatic rings. The van der Waals surface area contributed by atoms with E-state index < -0.39 is 0 Å². The van der Waals surface area contributed by atoms with Crippen molar-refractivity contribution >= 4 is 0 Å². The molecule has 0 atom stereocenters. The van der Waals surface area contributed by atoms with Crippen LogP contribution in [0, 0.1) is 0 Å². The number of unbranched alkanes of at least 4 members (excludes halogenated alkanes) is 6. The summed E-state index contributed by atoms with van der Waals surface area (Å²) in [7, 11) is 0. The van der Waals surface area contributed by atoms with E-state index in [-0.39, 0.29) is 0 Å². The van der Waals surface area contributed by atoms with Gasteiger partial charge in [-0.2, -0.15) is 0 Å². The average molecular weight is 173 g/mol. The van der Waals surface area contributed by atoms with E-state index in [1.54, 1.807) is 0 Å². The van der Waals surface area contributed by atoms with Crippen molar-refractivity contribution in [3.63, 3.8) is 0 Å². The third-order valence-electron chi connectivity index (χ3n) is 1.91. The van der Waals surface area contributed by atoms with Crippen LogP contribution in [0.4, 0.5) is 0 Å². The van der Waals surface area contributed by atoms with Gasteiger partial charge in [-0.15, -0.1) is 0 Å². The summed E-state index contributed by atoms with van der Waals surface area (Å²) in [6.45, 7) is 2.77. The quantitative estimate of drug-likeness (QED) is 0.300. The number of rotatable bonds is 9. The van der Waals surface area contributed by atoms with Crippen LogP contribution in [0.5, 0.6) is 0 Å². The van der Waals surface area contributed by atoms with Gasteiger partial charge in [-0.3, -0.25) is 0 Å². The fourth-order valence-electron chi connectivity index (χ4n) is 1.17. The molecule has 0 N–H and O–H groups in total. The summed E-state index contributed by atoms with van der Waals surface area (Å²) < 4.78 is 0. The van der Waals surface area contributed by atoms with E-state index in [9.17, 15) is 5.26 Å². The maximum atomic E-state index is 9.44. The highest BCUT2D eigenvalue weighted by atomic mass is 17.2. The molecule has 0 saturated carbocycles. The lowest BCUT2D eigenvalue weighted by Gasteiger charge is -1.98. The molecular formula is C9H19NO2. The monoisotopic (exact) mass is 173 g/mol. The Hall–Kier alpha value is -0.120. The van der Waals surface area contributed by atoms with E-state index in [4.69, 9.17) is 0 Å². The average Bonchev–Trinajstić information content (AvgIpc) is 2.10. The first-order valence-corrected chi connectivity index (χ1v) is 4.87. The maximum Gasteiger partial charge on any atom is 0.0460 e. The first-order valence-electron chi connectivity index (χ1n) is 4.87. The minimum atomic E-state index is 0.553. The molecule has 0 aromatic carbocycles. The molecule has 0 heterocycles. The van der Waals surface area contributed by atoms with Crippen LogP contribution < -0.4 is 5.48 Å². The third-order valence-corrected chi connectivity index (χ3v) is 1.91. The van der Waals surface area contributed by atoms with Crippen molar-refractivity contribution in [3.05, 3.63) is 0 Å². The van der Waals surface area contributed by atoms with E-state index in [1.165, 1.54) is 32.1 Å². The molecule has 0 amide bonds. The van der Waals surface area contributed by atoms with E-state index in [1.807, 2.05) is 0 Å². The first kappa shape index (κ1) is 11.9. The number of hydroxylamine groups is 1. The SMILES string of the molecule is CCCCCCCCC[N]O[O]. The molecule has 0 aromatic heterocycles. The van der Waals surface area contributed by atoms with Crippen molar-refractivity contribution < 1.29 is 10.2 Å². The maximum absolute atomic E-state index is 9.44. The fraction of sp³-hybridized carbons (Fsp3) is 1.00. The fourth-order valence-corrected chi connectivity index (χ4v) is 1.17. The van der Waals surface area contributed by atoms with Crippen LogP contribution in [-0.4, -0.2) is 6.54 Å². The van der Waals surface area contributed by atoms with Crippen molar-refractivity contribution in [3.8, 4) is 0 Å². The Bertz CT molecular complexity index is 68.9. The second-order valence-corrected chi connectivity index (χ2v) is 3.05. The third kappa shape index (κ3) is 9.88. The molecule has 12 heavy (non-hydrogen) atoms. The van der Waals surface area contributed by atoms with Gasteiger partial charge in [0, 0.05) is 6.54 Å². The second kappa shape index (κ2) is 10.9. The van der Waals surface area contributed by atoms with Gasteiger partial charge in [0.25, 0.3) is 0 Å². The first-order chi connectivity index (χ1) is 5.91. The van der Waals surface area contributed by atoms with Crippen molar-refractivity contribution in [1.82, 2.24) is 5.48 Å². The summed E-state index contributed by atoms with van der Waals surface area (Å²) in [5.74, 6) is 0. The zero-order valence-corrected chi connectivity index (χ0v) is 7.92. The lowest BCUT2D eigenvalue weighted by molar-refractivity contribution is -0.351. The summed E-state index contributed by atoms with van der Waals surface area (Å²) in [4.78, 5) is 3.36. The number of nitrogens with zero attached hydrogens (tertiary/aromatic N) is 1. The molecule has 72 valence electrons. The topological polar surface area (TPSA) is 43.2 Å². The van der Waals surface area contributed by atoms with Crippen LogP contribution in [0.15, 0.2) is 0 Å². The highest BCUT2D eigenvalue weighted by molar-refractivity contribution is 4.45. The lowest BCUT2D eigenvalue weighted by Crippen LogP contribution is -2.03. The lowest BCUT2D eigenvalue weighted by atomic mass is 10.1. The van der Waals surface area contributed by atoms with Gasteiger partial charge in [-0.25, -0.2) is 0 Å². The predicted molar refractivity (Wildman–Crippen MR) is 46.8 cm³/mol. The van der Waals surface area contributed by atoms with Crippen LogP contribution in [0.25, 0.3) is 0 Å². The smallest absolute Gasteiger partial charge is 0.0460 e. The molecule has 2 radical (unpaired) electrons. The highest BCUT2D eigenvalue weighted by Gasteiger charge is 1.91. The Morgan fingerprint density at radius 3 is 2.17 bits per heavy atom. The van der Waals surface area contributed by atoms with Gasteiger partial charge in [0.15, 0.2) is 0 Å². The van der Waals surface area contributed by atoms with Gasteiger partial charge in [0.05, 0.1) is 0 Å². The largest absolute Gasteiger partial charge is 0.0891 e. The van der Waals surface area contributed by atoms with Gasteiger partial charge in [-0.05, 0) is 11.7 Å². The second-order valence-electron chi connectivity index (χ2n) is 3.05. The number of hydrogen-bond acceptors (Lipinski definition) is 1.